The van der Waals surface area contributed by atoms with Crippen molar-refractivity contribution in [1.29, 1.82) is 0 Å². The van der Waals surface area contributed by atoms with Gasteiger partial charge < -0.3 is 31.3 Å². The highest BCUT2D eigenvalue weighted by molar-refractivity contribution is 7.98. The molecule has 0 aromatic heterocycles. The second-order valence-corrected chi connectivity index (χ2v) is 5.47. The number of carbonyl (C=O) groups is 4. The monoisotopic (exact) mass is 351 g/mol. The first-order valence-electron chi connectivity index (χ1n) is 6.59. The molecule has 0 saturated carbocycles. The molecule has 0 radical (unpaired) electrons. The number of rotatable bonds is 11. The molecule has 0 aromatic rings. The highest BCUT2D eigenvalue weighted by Gasteiger charge is 2.26. The van der Waals surface area contributed by atoms with Crippen molar-refractivity contribution in [2.24, 2.45) is 0 Å². The topological polar surface area (TPSA) is 165 Å². The van der Waals surface area contributed by atoms with Gasteiger partial charge in [0.25, 0.3) is 0 Å². The summed E-state index contributed by atoms with van der Waals surface area (Å²) in [6.45, 7) is -0.490. The van der Waals surface area contributed by atoms with Crippen LogP contribution in [0.25, 0.3) is 0 Å². The molecule has 0 fully saturated rings. The average molecular weight is 351 g/mol. The maximum atomic E-state index is 12.0. The lowest BCUT2D eigenvalue weighted by Crippen LogP contribution is -2.52. The van der Waals surface area contributed by atoms with Crippen LogP contribution in [0.5, 0.6) is 0 Å². The highest BCUT2D eigenvalue weighted by Crippen LogP contribution is 2.00. The van der Waals surface area contributed by atoms with Crippen molar-refractivity contribution in [1.82, 2.24) is 16.0 Å². The average Bonchev–Trinajstić information content (AvgIpc) is 2.49. The number of nitrogens with one attached hydrogen (secondary N) is 3. The molecule has 0 aliphatic rings. The lowest BCUT2D eigenvalue weighted by molar-refractivity contribution is -0.146. The zero-order valence-corrected chi connectivity index (χ0v) is 13.6. The Morgan fingerprint density at radius 2 is 1.70 bits per heavy atom. The van der Waals surface area contributed by atoms with Gasteiger partial charge in [-0.25, -0.2) is 9.59 Å². The molecule has 0 rings (SSSR count). The number of carboxylic acids is 2. The van der Waals surface area contributed by atoms with Crippen LogP contribution in [0.15, 0.2) is 0 Å². The fourth-order valence-corrected chi connectivity index (χ4v) is 2.05. The van der Waals surface area contributed by atoms with Crippen LogP contribution in [0.1, 0.15) is 6.42 Å². The summed E-state index contributed by atoms with van der Waals surface area (Å²) in [5, 5.41) is 33.6. The van der Waals surface area contributed by atoms with Gasteiger partial charge in [0.2, 0.25) is 11.8 Å². The number of aliphatic carboxylic acids is 2. The molecule has 23 heavy (non-hydrogen) atoms. The van der Waals surface area contributed by atoms with Crippen molar-refractivity contribution >= 4 is 35.5 Å². The van der Waals surface area contributed by atoms with E-state index in [2.05, 4.69) is 16.0 Å². The molecule has 2 amide bonds. The van der Waals surface area contributed by atoms with Crippen LogP contribution < -0.4 is 16.0 Å². The van der Waals surface area contributed by atoms with Crippen LogP contribution in [0.3, 0.4) is 0 Å². The number of carboxylic acid groups (broad SMARTS) is 2. The van der Waals surface area contributed by atoms with Crippen molar-refractivity contribution in [3.8, 4) is 0 Å². The molecule has 3 atom stereocenters. The number of thioether (sulfide) groups is 1. The number of aliphatic hydroxyl groups excluding tert-OH is 1. The van der Waals surface area contributed by atoms with E-state index in [9.17, 15) is 19.2 Å². The van der Waals surface area contributed by atoms with E-state index in [0.29, 0.717) is 0 Å². The van der Waals surface area contributed by atoms with Gasteiger partial charge in [0.15, 0.2) is 6.10 Å². The maximum Gasteiger partial charge on any atom is 0.334 e. The van der Waals surface area contributed by atoms with Crippen molar-refractivity contribution in [2.75, 3.05) is 25.6 Å². The lowest BCUT2D eigenvalue weighted by Gasteiger charge is -2.19. The van der Waals surface area contributed by atoms with Gasteiger partial charge in [-0.1, -0.05) is 0 Å². The Balaban J connectivity index is 4.51. The van der Waals surface area contributed by atoms with E-state index < -0.39 is 48.5 Å². The van der Waals surface area contributed by atoms with Gasteiger partial charge in [0, 0.05) is 5.75 Å². The number of likely N-dealkylation sites (N-methyl/N-ethyl adjacent to an activating group) is 1. The molecular weight excluding hydrogens is 330 g/mol. The third-order valence-electron chi connectivity index (χ3n) is 2.78. The van der Waals surface area contributed by atoms with Crippen molar-refractivity contribution in [2.45, 2.75) is 24.6 Å². The Morgan fingerprint density at radius 1 is 1.09 bits per heavy atom. The fraction of sp³-hybridized carbons (Fsp3) is 0.667. The first-order valence-corrected chi connectivity index (χ1v) is 7.99. The Labute approximate surface area is 137 Å². The molecule has 132 valence electrons. The van der Waals surface area contributed by atoms with E-state index in [1.807, 2.05) is 0 Å². The van der Waals surface area contributed by atoms with E-state index in [1.54, 1.807) is 6.26 Å². The van der Waals surface area contributed by atoms with E-state index in [0.717, 1.165) is 0 Å². The summed E-state index contributed by atoms with van der Waals surface area (Å²) in [4.78, 5) is 45.0. The normalized spacial score (nSPS) is 14.4. The van der Waals surface area contributed by atoms with Gasteiger partial charge in [0.05, 0.1) is 19.0 Å². The molecule has 0 bridgehead atoms. The molecule has 3 unspecified atom stereocenters. The first kappa shape index (κ1) is 21.1. The Hall–Kier alpha value is -1.85. The van der Waals surface area contributed by atoms with Crippen LogP contribution in [0.4, 0.5) is 0 Å². The molecular formula is C12H21N3O7S. The third kappa shape index (κ3) is 8.38. The summed E-state index contributed by atoms with van der Waals surface area (Å²) in [6, 6.07) is -2.06. The highest BCUT2D eigenvalue weighted by atomic mass is 32.2. The number of aliphatic hydroxyl groups is 1. The second-order valence-electron chi connectivity index (χ2n) is 4.56. The van der Waals surface area contributed by atoms with Crippen molar-refractivity contribution in [3.05, 3.63) is 0 Å². The molecule has 0 spiro atoms. The number of hydrogen-bond acceptors (Lipinski definition) is 7. The van der Waals surface area contributed by atoms with Gasteiger partial charge in [-0.3, -0.25) is 9.59 Å². The summed E-state index contributed by atoms with van der Waals surface area (Å²) >= 11 is 1.25. The lowest BCUT2D eigenvalue weighted by atomic mass is 10.1. The molecule has 0 saturated heterocycles. The van der Waals surface area contributed by atoms with Gasteiger partial charge in [0.1, 0.15) is 6.04 Å². The van der Waals surface area contributed by atoms with Crippen molar-refractivity contribution in [3.63, 3.8) is 0 Å². The van der Waals surface area contributed by atoms with Crippen LogP contribution in [-0.4, -0.2) is 82.9 Å². The second kappa shape index (κ2) is 10.8. The summed E-state index contributed by atoms with van der Waals surface area (Å²) in [7, 11) is 1.42. The number of carbonyl (C=O) groups excluding carboxylic acids is 2. The minimum atomic E-state index is -1.74. The van der Waals surface area contributed by atoms with Crippen LogP contribution in [0, 0.1) is 0 Å². The molecule has 0 aromatic carbocycles. The van der Waals surface area contributed by atoms with Gasteiger partial charge in [-0.05, 0) is 13.3 Å². The van der Waals surface area contributed by atoms with Crippen molar-refractivity contribution < 1.29 is 34.5 Å². The molecule has 10 nitrogen and oxygen atoms in total. The van der Waals surface area contributed by atoms with E-state index in [-0.39, 0.29) is 12.2 Å². The van der Waals surface area contributed by atoms with Crippen LogP contribution >= 0.6 is 11.8 Å². The summed E-state index contributed by atoms with van der Waals surface area (Å²) < 4.78 is 0. The largest absolute Gasteiger partial charge is 0.480 e. The third-order valence-corrected chi connectivity index (χ3v) is 3.45. The molecule has 11 heteroatoms. The van der Waals surface area contributed by atoms with Crippen LogP contribution in [0.2, 0.25) is 0 Å². The zero-order valence-electron chi connectivity index (χ0n) is 12.7. The summed E-state index contributed by atoms with van der Waals surface area (Å²) in [5.74, 6) is -3.81. The standard InChI is InChI=1S/C12H21N3O7S/c1-13-6(3-9(17)14-4-8(16)12(21)22)10(18)15-7(5-23-2)11(19)20/h6-8,13,16H,3-5H2,1-2H3,(H,14,17)(H,15,18)(H,19,20)(H,21,22). The minimum absolute atomic E-state index is 0.175. The zero-order chi connectivity index (χ0) is 18.0. The Morgan fingerprint density at radius 3 is 2.13 bits per heavy atom. The fourth-order valence-electron chi connectivity index (χ4n) is 1.49. The summed E-state index contributed by atoms with van der Waals surface area (Å²) in [5.41, 5.74) is 0. The number of hydrogen-bond donors (Lipinski definition) is 6. The van der Waals surface area contributed by atoms with Crippen LogP contribution in [-0.2, 0) is 19.2 Å². The Kier molecular flexibility index (Phi) is 9.94. The Bertz CT molecular complexity index is 446. The predicted molar refractivity (Wildman–Crippen MR) is 82.1 cm³/mol. The molecule has 6 N–H and O–H groups in total. The molecule has 0 aliphatic heterocycles. The SMILES string of the molecule is CNC(CC(=O)NCC(O)C(=O)O)C(=O)NC(CSC)C(=O)O. The van der Waals surface area contributed by atoms with E-state index in [1.165, 1.54) is 18.8 Å². The van der Waals surface area contributed by atoms with E-state index in [4.69, 9.17) is 15.3 Å². The molecule has 0 heterocycles. The first-order chi connectivity index (χ1) is 10.7. The quantitative estimate of drug-likeness (QED) is 0.235. The van der Waals surface area contributed by atoms with Gasteiger partial charge in [-0.15, -0.1) is 0 Å². The minimum Gasteiger partial charge on any atom is -0.480 e. The van der Waals surface area contributed by atoms with Gasteiger partial charge in [-0.2, -0.15) is 11.8 Å². The van der Waals surface area contributed by atoms with E-state index >= 15 is 0 Å². The summed E-state index contributed by atoms with van der Waals surface area (Å²) in [6.07, 6.45) is -0.377. The smallest absolute Gasteiger partial charge is 0.334 e. The predicted octanol–water partition coefficient (Wildman–Crippen LogP) is -2.54. The maximum absolute atomic E-state index is 12.0. The molecule has 0 aliphatic carbocycles. The van der Waals surface area contributed by atoms with Gasteiger partial charge >= 0.3 is 11.9 Å². The number of amides is 2.